The molecular formula is C6H9F3O3. The third-order valence-corrected chi connectivity index (χ3v) is 0.812. The van der Waals surface area contributed by atoms with Crippen LogP contribution in [0.25, 0.3) is 0 Å². The second-order valence-corrected chi connectivity index (χ2v) is 1.97. The molecule has 0 aromatic carbocycles. The lowest BCUT2D eigenvalue weighted by Crippen LogP contribution is -2.27. The maximum absolute atomic E-state index is 11.9. The summed E-state index contributed by atoms with van der Waals surface area (Å²) in [5, 5.41) is 0. The van der Waals surface area contributed by atoms with E-state index in [0.717, 1.165) is 0 Å². The maximum atomic E-state index is 11.9. The van der Waals surface area contributed by atoms with Crippen molar-refractivity contribution in [3.8, 4) is 0 Å². The summed E-state index contributed by atoms with van der Waals surface area (Å²) in [4.78, 5) is 10.3. The molecule has 0 unspecified atom stereocenters. The molecule has 72 valence electrons. The highest BCUT2D eigenvalue weighted by molar-refractivity contribution is 5.60. The molecule has 0 atom stereocenters. The van der Waals surface area contributed by atoms with E-state index in [2.05, 4.69) is 9.47 Å². The Labute approximate surface area is 67.4 Å². The number of ether oxygens (including phenoxy) is 2. The Kier molecular flexibility index (Phi) is 4.46. The Balaban J connectivity index is 3.68. The molecule has 0 saturated heterocycles. The molecule has 0 fully saturated rings. The molecular weight excluding hydrogens is 177 g/mol. The number of alkyl halides is 3. The second-order valence-electron chi connectivity index (χ2n) is 1.97. The number of carbonyl (C=O) groups excluding carboxylic acids is 1. The number of rotatable bonds is 4. The normalized spacial score (nSPS) is 11.0. The van der Waals surface area contributed by atoms with E-state index < -0.39 is 18.9 Å². The van der Waals surface area contributed by atoms with Crippen LogP contribution in [0.5, 0.6) is 0 Å². The van der Waals surface area contributed by atoms with Crippen molar-refractivity contribution in [2.75, 3.05) is 13.3 Å². The average molecular weight is 186 g/mol. The van der Waals surface area contributed by atoms with Crippen LogP contribution in [-0.2, 0) is 9.47 Å². The summed E-state index contributed by atoms with van der Waals surface area (Å²) < 4.78 is 42.7. The van der Waals surface area contributed by atoms with Crippen LogP contribution < -0.4 is 0 Å². The number of hydrogen-bond acceptors (Lipinski definition) is 3. The fraction of sp³-hybridized carbons (Fsp3) is 0.833. The standard InChI is InChI=1S/C6H9F3O3/c1-2-3-11-5(10)12-6(8,9)4-7/h2-4H2,1H3. The van der Waals surface area contributed by atoms with E-state index in [0.29, 0.717) is 6.42 Å². The first-order valence-electron chi connectivity index (χ1n) is 3.31. The maximum Gasteiger partial charge on any atom is 0.513 e. The Hall–Kier alpha value is -0.940. The van der Waals surface area contributed by atoms with Crippen molar-refractivity contribution in [1.82, 2.24) is 0 Å². The van der Waals surface area contributed by atoms with Crippen LogP contribution in [0.2, 0.25) is 0 Å². The van der Waals surface area contributed by atoms with Gasteiger partial charge in [0.05, 0.1) is 6.61 Å². The van der Waals surface area contributed by atoms with Gasteiger partial charge < -0.3 is 9.47 Å². The zero-order valence-electron chi connectivity index (χ0n) is 6.48. The molecule has 6 heteroatoms. The molecule has 0 amide bonds. The lowest BCUT2D eigenvalue weighted by Gasteiger charge is -2.11. The molecule has 0 heterocycles. The Morgan fingerprint density at radius 1 is 1.50 bits per heavy atom. The zero-order chi connectivity index (χ0) is 9.61. The number of halogens is 3. The first-order valence-corrected chi connectivity index (χ1v) is 3.31. The van der Waals surface area contributed by atoms with E-state index in [4.69, 9.17) is 0 Å². The Morgan fingerprint density at radius 2 is 2.08 bits per heavy atom. The lowest BCUT2D eigenvalue weighted by atomic mass is 10.5. The Bertz CT molecular complexity index is 149. The van der Waals surface area contributed by atoms with Crippen LogP contribution >= 0.6 is 0 Å². The van der Waals surface area contributed by atoms with Crippen molar-refractivity contribution >= 4 is 6.16 Å². The van der Waals surface area contributed by atoms with E-state index in [1.165, 1.54) is 0 Å². The minimum absolute atomic E-state index is 0.0266. The van der Waals surface area contributed by atoms with E-state index in [-0.39, 0.29) is 6.61 Å². The van der Waals surface area contributed by atoms with Gasteiger partial charge >= 0.3 is 12.3 Å². The van der Waals surface area contributed by atoms with Crippen LogP contribution in [0.3, 0.4) is 0 Å². The quantitative estimate of drug-likeness (QED) is 0.631. The Morgan fingerprint density at radius 3 is 2.50 bits per heavy atom. The molecule has 0 radical (unpaired) electrons. The molecule has 0 saturated carbocycles. The van der Waals surface area contributed by atoms with Crippen LogP contribution in [0, 0.1) is 0 Å². The fourth-order valence-electron chi connectivity index (χ4n) is 0.364. The van der Waals surface area contributed by atoms with Crippen LogP contribution in [-0.4, -0.2) is 25.5 Å². The molecule has 0 aliphatic heterocycles. The molecule has 0 aromatic rings. The van der Waals surface area contributed by atoms with E-state index in [9.17, 15) is 18.0 Å². The predicted molar refractivity (Wildman–Crippen MR) is 33.6 cm³/mol. The van der Waals surface area contributed by atoms with Crippen LogP contribution in [0.15, 0.2) is 0 Å². The van der Waals surface area contributed by atoms with Gasteiger partial charge in [-0.3, -0.25) is 0 Å². The van der Waals surface area contributed by atoms with Gasteiger partial charge in [-0.05, 0) is 6.42 Å². The van der Waals surface area contributed by atoms with E-state index in [1.54, 1.807) is 6.92 Å². The van der Waals surface area contributed by atoms with Crippen molar-refractivity contribution in [3.63, 3.8) is 0 Å². The molecule has 0 aliphatic rings. The fourth-order valence-corrected chi connectivity index (χ4v) is 0.364. The minimum atomic E-state index is -4.08. The predicted octanol–water partition coefficient (Wildman–Crippen LogP) is 2.11. The molecule has 0 spiro atoms. The summed E-state index contributed by atoms with van der Waals surface area (Å²) in [6, 6.07) is 0. The lowest BCUT2D eigenvalue weighted by molar-refractivity contribution is -0.219. The average Bonchev–Trinajstić information content (AvgIpc) is 2.00. The summed E-state index contributed by atoms with van der Waals surface area (Å²) in [5.41, 5.74) is 0. The zero-order valence-corrected chi connectivity index (χ0v) is 6.48. The highest BCUT2D eigenvalue weighted by Gasteiger charge is 2.34. The summed E-state index contributed by atoms with van der Waals surface area (Å²) in [5.74, 6) is 0. The van der Waals surface area contributed by atoms with E-state index in [1.807, 2.05) is 0 Å². The highest BCUT2D eigenvalue weighted by Crippen LogP contribution is 2.16. The van der Waals surface area contributed by atoms with Gasteiger partial charge in [-0.2, -0.15) is 8.78 Å². The SMILES string of the molecule is CCCOC(=O)OC(F)(F)CF. The van der Waals surface area contributed by atoms with Gasteiger partial charge in [0.1, 0.15) is 0 Å². The van der Waals surface area contributed by atoms with Crippen LogP contribution in [0.1, 0.15) is 13.3 Å². The van der Waals surface area contributed by atoms with Crippen molar-refractivity contribution in [3.05, 3.63) is 0 Å². The van der Waals surface area contributed by atoms with E-state index >= 15 is 0 Å². The van der Waals surface area contributed by atoms with Gasteiger partial charge in [0.2, 0.25) is 0 Å². The van der Waals surface area contributed by atoms with Crippen molar-refractivity contribution in [2.45, 2.75) is 19.5 Å². The summed E-state index contributed by atoms with van der Waals surface area (Å²) in [7, 11) is 0. The van der Waals surface area contributed by atoms with Crippen molar-refractivity contribution < 1.29 is 27.4 Å². The molecule has 12 heavy (non-hydrogen) atoms. The summed E-state index contributed by atoms with van der Waals surface area (Å²) >= 11 is 0. The van der Waals surface area contributed by atoms with Crippen molar-refractivity contribution in [1.29, 1.82) is 0 Å². The molecule has 3 nitrogen and oxygen atoms in total. The monoisotopic (exact) mass is 186 g/mol. The van der Waals surface area contributed by atoms with Gasteiger partial charge in [-0.25, -0.2) is 9.18 Å². The summed E-state index contributed by atoms with van der Waals surface area (Å²) in [6.07, 6.45) is -5.15. The van der Waals surface area contributed by atoms with Gasteiger partial charge in [0, 0.05) is 0 Å². The van der Waals surface area contributed by atoms with Crippen LogP contribution in [0.4, 0.5) is 18.0 Å². The van der Waals surface area contributed by atoms with Gasteiger partial charge in [-0.1, -0.05) is 6.92 Å². The largest absolute Gasteiger partial charge is 0.513 e. The second kappa shape index (κ2) is 4.84. The third kappa shape index (κ3) is 4.81. The summed E-state index contributed by atoms with van der Waals surface area (Å²) in [6.45, 7) is -0.393. The molecule has 0 aliphatic carbocycles. The molecule has 0 N–H and O–H groups in total. The molecule has 0 aromatic heterocycles. The first kappa shape index (κ1) is 11.1. The third-order valence-electron chi connectivity index (χ3n) is 0.812. The van der Waals surface area contributed by atoms with Gasteiger partial charge in [0.25, 0.3) is 0 Å². The molecule has 0 rings (SSSR count). The first-order chi connectivity index (χ1) is 5.52. The smallest absolute Gasteiger partial charge is 0.434 e. The van der Waals surface area contributed by atoms with Crippen molar-refractivity contribution in [2.24, 2.45) is 0 Å². The topological polar surface area (TPSA) is 35.5 Å². The number of carbonyl (C=O) groups is 1. The minimum Gasteiger partial charge on any atom is -0.434 e. The van der Waals surface area contributed by atoms with Gasteiger partial charge in [0.15, 0.2) is 6.67 Å². The van der Waals surface area contributed by atoms with Gasteiger partial charge in [-0.15, -0.1) is 0 Å². The highest BCUT2D eigenvalue weighted by atomic mass is 19.3. The molecule has 0 bridgehead atoms. The number of hydrogen-bond donors (Lipinski definition) is 0.